The molecule has 2 rings (SSSR count). The van der Waals surface area contributed by atoms with E-state index >= 15 is 0 Å². The van der Waals surface area contributed by atoms with Crippen LogP contribution in [-0.4, -0.2) is 0 Å². The maximum Gasteiger partial charge on any atom is 0.0980 e. The summed E-state index contributed by atoms with van der Waals surface area (Å²) >= 11 is 0. The first kappa shape index (κ1) is 4.72. The number of hydrogen-bond donors (Lipinski definition) is 0. The van der Waals surface area contributed by atoms with E-state index in [-0.39, 0.29) is 0 Å². The van der Waals surface area contributed by atoms with Crippen molar-refractivity contribution >= 4 is 0 Å². The zero-order valence-corrected chi connectivity index (χ0v) is 5.27. The lowest BCUT2D eigenvalue weighted by molar-refractivity contribution is 0.428. The van der Waals surface area contributed by atoms with Gasteiger partial charge in [0.25, 0.3) is 0 Å². The second kappa shape index (κ2) is 1.68. The van der Waals surface area contributed by atoms with Gasteiger partial charge in [-0.2, -0.15) is 0 Å². The summed E-state index contributed by atoms with van der Waals surface area (Å²) in [6, 6.07) is 0. The van der Waals surface area contributed by atoms with E-state index in [1.807, 2.05) is 0 Å². The topological polar surface area (TPSA) is 0 Å². The first-order chi connectivity index (χ1) is 3.95. The Morgan fingerprint density at radius 1 is 1.12 bits per heavy atom. The molecule has 2 aliphatic rings. The highest BCUT2D eigenvalue weighted by Crippen LogP contribution is 2.40. The van der Waals surface area contributed by atoms with Crippen molar-refractivity contribution in [2.75, 3.05) is 0 Å². The lowest BCUT2D eigenvalue weighted by Gasteiger charge is -2.09. The van der Waals surface area contributed by atoms with Crippen LogP contribution < -0.4 is 0 Å². The summed E-state index contributed by atoms with van der Waals surface area (Å²) in [6.07, 6.45) is 10.0. The van der Waals surface area contributed by atoms with Crippen LogP contribution in [0.4, 0.5) is 0 Å². The van der Waals surface area contributed by atoms with Crippen LogP contribution >= 0.6 is 0 Å². The highest BCUT2D eigenvalue weighted by molar-refractivity contribution is 4.90. The fourth-order valence-electron chi connectivity index (χ4n) is 2.16. The largest absolute Gasteiger partial charge is 0.0980 e. The molecule has 0 aromatic carbocycles. The van der Waals surface area contributed by atoms with E-state index in [4.69, 9.17) is 0 Å². The Kier molecular flexibility index (Phi) is 0.991. The number of fused-ring (bicyclic) bond motifs is 2. The van der Waals surface area contributed by atoms with Gasteiger partial charge in [0.2, 0.25) is 0 Å². The minimum absolute atomic E-state index is 1.04. The molecule has 44 valence electrons. The fourth-order valence-corrected chi connectivity index (χ4v) is 2.16. The molecular formula is C8H13+. The van der Waals surface area contributed by atoms with Crippen LogP contribution in [0.15, 0.2) is 0 Å². The van der Waals surface area contributed by atoms with Crippen molar-refractivity contribution in [2.24, 2.45) is 11.8 Å². The Balaban J connectivity index is 2.03. The van der Waals surface area contributed by atoms with Crippen molar-refractivity contribution in [3.63, 3.8) is 0 Å². The third-order valence-electron chi connectivity index (χ3n) is 2.66. The minimum atomic E-state index is 1.04. The molecule has 2 saturated carbocycles. The Morgan fingerprint density at radius 3 is 2.88 bits per heavy atom. The average Bonchev–Trinajstić information content (AvgIpc) is 2.12. The molecule has 0 spiro atoms. The Bertz CT molecular complexity index is 72.0. The average molecular weight is 109 g/mol. The predicted molar refractivity (Wildman–Crippen MR) is 34.4 cm³/mol. The summed E-state index contributed by atoms with van der Waals surface area (Å²) < 4.78 is 0. The first-order valence-corrected chi connectivity index (χ1v) is 3.78. The van der Waals surface area contributed by atoms with Crippen molar-refractivity contribution in [1.82, 2.24) is 0 Å². The molecule has 0 heteroatoms. The maximum absolute atomic E-state index is 2.53. The van der Waals surface area contributed by atoms with Crippen LogP contribution in [0.5, 0.6) is 0 Å². The van der Waals surface area contributed by atoms with Gasteiger partial charge in [0.05, 0.1) is 18.8 Å². The van der Waals surface area contributed by atoms with Gasteiger partial charge < -0.3 is 0 Å². The lowest BCUT2D eigenvalue weighted by atomic mass is 9.89. The number of rotatable bonds is 0. The SMILES string of the molecule is [CH+]1CCC2CCC1C2. The second-order valence-corrected chi connectivity index (χ2v) is 3.25. The lowest BCUT2D eigenvalue weighted by Crippen LogP contribution is -2.04. The van der Waals surface area contributed by atoms with Crippen LogP contribution in [0.3, 0.4) is 0 Å². The quantitative estimate of drug-likeness (QED) is 0.419. The normalized spacial score (nSPS) is 44.0. The fraction of sp³-hybridized carbons (Fsp3) is 0.875. The summed E-state index contributed by atoms with van der Waals surface area (Å²) in [6.45, 7) is 0. The summed E-state index contributed by atoms with van der Waals surface area (Å²) in [7, 11) is 0. The van der Waals surface area contributed by atoms with Crippen LogP contribution in [-0.2, 0) is 0 Å². The summed E-state index contributed by atoms with van der Waals surface area (Å²) in [5, 5.41) is 0. The van der Waals surface area contributed by atoms with E-state index in [2.05, 4.69) is 6.42 Å². The van der Waals surface area contributed by atoms with Crippen LogP contribution in [0.2, 0.25) is 0 Å². The van der Waals surface area contributed by atoms with E-state index in [0.29, 0.717) is 0 Å². The van der Waals surface area contributed by atoms with Gasteiger partial charge in [-0.25, -0.2) is 0 Å². The molecule has 0 aromatic heterocycles. The summed E-state index contributed by atoms with van der Waals surface area (Å²) in [5.41, 5.74) is 0. The molecule has 2 aliphatic carbocycles. The van der Waals surface area contributed by atoms with Gasteiger partial charge in [-0.3, -0.25) is 0 Å². The molecule has 0 radical (unpaired) electrons. The second-order valence-electron chi connectivity index (χ2n) is 3.25. The van der Waals surface area contributed by atoms with Gasteiger partial charge in [0.1, 0.15) is 0 Å². The molecule has 2 fully saturated rings. The summed E-state index contributed by atoms with van der Waals surface area (Å²) in [5.74, 6) is 2.17. The highest BCUT2D eigenvalue weighted by atomic mass is 14.3. The Hall–Kier alpha value is -0.130. The monoisotopic (exact) mass is 109 g/mol. The molecule has 2 unspecified atom stereocenters. The summed E-state index contributed by atoms with van der Waals surface area (Å²) in [4.78, 5) is 0. The minimum Gasteiger partial charge on any atom is -0.0458 e. The van der Waals surface area contributed by atoms with Crippen LogP contribution in [0.1, 0.15) is 32.1 Å². The van der Waals surface area contributed by atoms with E-state index < -0.39 is 0 Å². The van der Waals surface area contributed by atoms with Crippen LogP contribution in [0, 0.1) is 18.3 Å². The van der Waals surface area contributed by atoms with Gasteiger partial charge in [-0.05, 0) is 31.6 Å². The highest BCUT2D eigenvalue weighted by Gasteiger charge is 2.34. The Labute approximate surface area is 51.3 Å². The van der Waals surface area contributed by atoms with E-state index in [9.17, 15) is 0 Å². The molecule has 0 saturated heterocycles. The molecule has 2 atom stereocenters. The maximum atomic E-state index is 2.53. The molecule has 0 nitrogen and oxygen atoms in total. The zero-order valence-electron chi connectivity index (χ0n) is 5.27. The Morgan fingerprint density at radius 2 is 2.12 bits per heavy atom. The van der Waals surface area contributed by atoms with Gasteiger partial charge in [-0.15, -0.1) is 0 Å². The number of hydrogen-bond acceptors (Lipinski definition) is 0. The standard InChI is InChI=1S/C8H13/c1-2-7-4-5-8(3-1)6-7/h2,7-8H,1,3-6H2/q+1. The molecule has 0 aliphatic heterocycles. The van der Waals surface area contributed by atoms with Crippen molar-refractivity contribution in [3.05, 3.63) is 6.42 Å². The van der Waals surface area contributed by atoms with Gasteiger partial charge in [-0.1, -0.05) is 0 Å². The van der Waals surface area contributed by atoms with Gasteiger partial charge >= 0.3 is 0 Å². The predicted octanol–water partition coefficient (Wildman–Crippen LogP) is 2.40. The van der Waals surface area contributed by atoms with Crippen molar-refractivity contribution < 1.29 is 0 Å². The zero-order chi connectivity index (χ0) is 5.40. The van der Waals surface area contributed by atoms with Crippen molar-refractivity contribution in [3.8, 4) is 0 Å². The molecule has 8 heavy (non-hydrogen) atoms. The molecule has 0 amide bonds. The smallest absolute Gasteiger partial charge is 0.0458 e. The molecule has 2 bridgehead atoms. The van der Waals surface area contributed by atoms with Gasteiger partial charge in [0.15, 0.2) is 0 Å². The molecule has 0 heterocycles. The molecule has 0 aromatic rings. The van der Waals surface area contributed by atoms with E-state index in [1.165, 1.54) is 32.1 Å². The third kappa shape index (κ3) is 0.630. The van der Waals surface area contributed by atoms with E-state index in [1.54, 1.807) is 0 Å². The van der Waals surface area contributed by atoms with Crippen molar-refractivity contribution in [1.29, 1.82) is 0 Å². The van der Waals surface area contributed by atoms with Crippen molar-refractivity contribution in [2.45, 2.75) is 32.1 Å². The van der Waals surface area contributed by atoms with Crippen LogP contribution in [0.25, 0.3) is 0 Å². The van der Waals surface area contributed by atoms with E-state index in [0.717, 1.165) is 11.8 Å². The molecular weight excluding hydrogens is 96.1 g/mol. The third-order valence-corrected chi connectivity index (χ3v) is 2.66. The first-order valence-electron chi connectivity index (χ1n) is 3.78. The molecule has 0 N–H and O–H groups in total. The van der Waals surface area contributed by atoms with Gasteiger partial charge in [0, 0.05) is 0 Å².